The van der Waals surface area contributed by atoms with E-state index in [4.69, 9.17) is 0 Å². The molecule has 4 nitrogen and oxygen atoms in total. The van der Waals surface area contributed by atoms with Crippen LogP contribution in [0.4, 0.5) is 15.8 Å². The largest absolute Gasteiger partial charge is 0.304 e. The van der Waals surface area contributed by atoms with Gasteiger partial charge in [-0.2, -0.15) is 0 Å². The van der Waals surface area contributed by atoms with E-state index >= 15 is 0 Å². The summed E-state index contributed by atoms with van der Waals surface area (Å²) in [6.07, 6.45) is 0. The molecule has 0 bridgehead atoms. The number of thioether (sulfide) groups is 1. The maximum Gasteiger partial charge on any atom is 0.269 e. The molecule has 1 fully saturated rings. The Balaban J connectivity index is 1.65. The molecule has 3 aromatic rings. The van der Waals surface area contributed by atoms with Crippen molar-refractivity contribution in [3.05, 3.63) is 95.3 Å². The van der Waals surface area contributed by atoms with E-state index in [1.807, 2.05) is 55.5 Å². The van der Waals surface area contributed by atoms with E-state index in [1.165, 1.54) is 23.9 Å². The second kappa shape index (κ2) is 6.99. The number of nitrogens with zero attached hydrogens (tertiary/aromatic N) is 2. The summed E-state index contributed by atoms with van der Waals surface area (Å²) in [6, 6.07) is 21.5. The van der Waals surface area contributed by atoms with Gasteiger partial charge in [0.1, 0.15) is 5.82 Å². The van der Waals surface area contributed by atoms with Gasteiger partial charge in [-0.25, -0.2) is 4.39 Å². The number of carbonyl (C=O) groups excluding carboxylic acids is 2. The molecule has 0 aromatic heterocycles. The lowest BCUT2D eigenvalue weighted by molar-refractivity contribution is -0.123. The van der Waals surface area contributed by atoms with Crippen LogP contribution in [0.3, 0.4) is 0 Å². The van der Waals surface area contributed by atoms with Crippen LogP contribution in [0.25, 0.3) is 0 Å². The summed E-state index contributed by atoms with van der Waals surface area (Å²) in [5.74, 6) is -0.387. The monoisotopic (exact) mass is 418 g/mol. The summed E-state index contributed by atoms with van der Waals surface area (Å²) < 4.78 is 13.7. The van der Waals surface area contributed by atoms with Crippen LogP contribution in [0.5, 0.6) is 0 Å². The summed E-state index contributed by atoms with van der Waals surface area (Å²) in [7, 11) is 0. The van der Waals surface area contributed by atoms with Gasteiger partial charge in [0.05, 0.1) is 18.0 Å². The molecule has 5 rings (SSSR count). The predicted molar refractivity (Wildman–Crippen MR) is 117 cm³/mol. The molecule has 0 N–H and O–H groups in total. The first kappa shape index (κ1) is 18.9. The van der Waals surface area contributed by atoms with E-state index in [0.29, 0.717) is 11.3 Å². The van der Waals surface area contributed by atoms with Crippen molar-refractivity contribution in [1.29, 1.82) is 0 Å². The van der Waals surface area contributed by atoms with Crippen LogP contribution in [-0.4, -0.2) is 17.6 Å². The molecule has 2 heterocycles. The SMILES string of the molecule is Cc1cccc(N2C(=O)CS[C@@]23C(=O)N(Cc2cccc(F)c2)c2ccccc23)c1. The molecule has 0 aliphatic carbocycles. The Morgan fingerprint density at radius 2 is 1.80 bits per heavy atom. The highest BCUT2D eigenvalue weighted by Crippen LogP contribution is 2.55. The van der Waals surface area contributed by atoms with E-state index in [2.05, 4.69) is 0 Å². The number of para-hydroxylation sites is 1. The van der Waals surface area contributed by atoms with Crippen LogP contribution < -0.4 is 9.80 Å². The number of fused-ring (bicyclic) bond motifs is 2. The van der Waals surface area contributed by atoms with Crippen molar-refractivity contribution in [3.63, 3.8) is 0 Å². The third-order valence-corrected chi connectivity index (χ3v) is 6.94. The van der Waals surface area contributed by atoms with Crippen molar-refractivity contribution in [1.82, 2.24) is 0 Å². The lowest BCUT2D eigenvalue weighted by Gasteiger charge is -2.33. The molecule has 1 spiro atoms. The number of halogens is 1. The van der Waals surface area contributed by atoms with Gasteiger partial charge < -0.3 is 4.90 Å². The number of rotatable bonds is 3. The summed E-state index contributed by atoms with van der Waals surface area (Å²) >= 11 is 1.35. The van der Waals surface area contributed by atoms with Crippen LogP contribution in [0.2, 0.25) is 0 Å². The zero-order chi connectivity index (χ0) is 20.9. The molecule has 0 radical (unpaired) electrons. The first-order valence-electron chi connectivity index (χ1n) is 9.70. The van der Waals surface area contributed by atoms with E-state index in [9.17, 15) is 14.0 Å². The molecule has 1 saturated heterocycles. The Kier molecular flexibility index (Phi) is 4.40. The number of aryl methyl sites for hydroxylation is 1. The second-order valence-corrected chi connectivity index (χ2v) is 8.71. The molecule has 6 heteroatoms. The Labute approximate surface area is 178 Å². The van der Waals surface area contributed by atoms with Crippen molar-refractivity contribution in [3.8, 4) is 0 Å². The average Bonchev–Trinajstić information content (AvgIpc) is 3.19. The van der Waals surface area contributed by atoms with Gasteiger partial charge in [-0.1, -0.05) is 42.5 Å². The summed E-state index contributed by atoms with van der Waals surface area (Å²) in [5, 5.41) is 0. The molecule has 150 valence electrons. The Bertz CT molecular complexity index is 1180. The summed E-state index contributed by atoms with van der Waals surface area (Å²) in [6.45, 7) is 2.20. The average molecular weight is 418 g/mol. The smallest absolute Gasteiger partial charge is 0.269 e. The van der Waals surface area contributed by atoms with Crippen LogP contribution >= 0.6 is 11.8 Å². The van der Waals surface area contributed by atoms with Crippen LogP contribution in [0.15, 0.2) is 72.8 Å². The van der Waals surface area contributed by atoms with Crippen molar-refractivity contribution < 1.29 is 14.0 Å². The van der Waals surface area contributed by atoms with E-state index in [0.717, 1.165) is 16.8 Å². The maximum absolute atomic E-state index is 13.9. The number of hydrogen-bond acceptors (Lipinski definition) is 3. The number of carbonyl (C=O) groups is 2. The molecule has 2 aliphatic rings. The number of benzene rings is 3. The zero-order valence-corrected chi connectivity index (χ0v) is 17.2. The summed E-state index contributed by atoms with van der Waals surface area (Å²) in [4.78, 5) is 29.1. The van der Waals surface area contributed by atoms with Gasteiger partial charge in [0.25, 0.3) is 5.91 Å². The fourth-order valence-corrected chi connectivity index (χ4v) is 5.66. The molecule has 2 amide bonds. The molecule has 1 atom stereocenters. The van der Waals surface area contributed by atoms with Gasteiger partial charge in [0.15, 0.2) is 0 Å². The van der Waals surface area contributed by atoms with Gasteiger partial charge in [-0.05, 0) is 48.4 Å². The first-order chi connectivity index (χ1) is 14.5. The van der Waals surface area contributed by atoms with E-state index < -0.39 is 4.87 Å². The van der Waals surface area contributed by atoms with Crippen molar-refractivity contribution in [2.24, 2.45) is 0 Å². The fraction of sp³-hybridized carbons (Fsp3) is 0.167. The minimum atomic E-state index is -1.14. The molecule has 30 heavy (non-hydrogen) atoms. The third-order valence-electron chi connectivity index (χ3n) is 5.55. The molecular weight excluding hydrogens is 399 g/mol. The highest BCUT2D eigenvalue weighted by Gasteiger charge is 2.60. The second-order valence-electron chi connectivity index (χ2n) is 7.54. The van der Waals surface area contributed by atoms with Gasteiger partial charge in [0.2, 0.25) is 10.8 Å². The lowest BCUT2D eigenvalue weighted by Crippen LogP contribution is -2.49. The number of amides is 2. The highest BCUT2D eigenvalue weighted by molar-refractivity contribution is 8.02. The fourth-order valence-electron chi connectivity index (χ4n) is 4.30. The molecule has 0 unspecified atom stereocenters. The van der Waals surface area contributed by atoms with E-state index in [1.54, 1.807) is 21.9 Å². The highest BCUT2D eigenvalue weighted by atomic mass is 32.2. The van der Waals surface area contributed by atoms with Gasteiger partial charge >= 0.3 is 0 Å². The summed E-state index contributed by atoms with van der Waals surface area (Å²) in [5.41, 5.74) is 3.98. The first-order valence-corrected chi connectivity index (χ1v) is 10.7. The Morgan fingerprint density at radius 3 is 2.60 bits per heavy atom. The van der Waals surface area contributed by atoms with Gasteiger partial charge in [-0.3, -0.25) is 14.5 Å². The van der Waals surface area contributed by atoms with Gasteiger partial charge in [0, 0.05) is 11.3 Å². The van der Waals surface area contributed by atoms with Crippen LogP contribution in [-0.2, 0) is 21.0 Å². The molecule has 0 saturated carbocycles. The topological polar surface area (TPSA) is 40.6 Å². The van der Waals surface area contributed by atoms with Crippen LogP contribution in [0.1, 0.15) is 16.7 Å². The quantitative estimate of drug-likeness (QED) is 0.624. The Morgan fingerprint density at radius 1 is 1.00 bits per heavy atom. The third kappa shape index (κ3) is 2.75. The minimum Gasteiger partial charge on any atom is -0.304 e. The minimum absolute atomic E-state index is 0.0960. The molecule has 2 aliphatic heterocycles. The van der Waals surface area contributed by atoms with Crippen molar-refractivity contribution in [2.75, 3.05) is 15.6 Å². The van der Waals surface area contributed by atoms with Crippen LogP contribution in [0, 0.1) is 12.7 Å². The standard InChI is InChI=1S/C24H19FN2O2S/c1-16-6-4-9-19(12-16)27-22(28)15-30-24(27)20-10-2-3-11-21(20)26(23(24)29)14-17-7-5-8-18(25)13-17/h2-13H,14-15H2,1H3/t24-/m0/s1. The van der Waals surface area contributed by atoms with Crippen molar-refractivity contribution >= 4 is 35.0 Å². The zero-order valence-electron chi connectivity index (χ0n) is 16.3. The molecular formula is C24H19FN2O2S. The molecule has 3 aromatic carbocycles. The van der Waals surface area contributed by atoms with Crippen molar-refractivity contribution in [2.45, 2.75) is 18.3 Å². The van der Waals surface area contributed by atoms with Gasteiger partial charge in [-0.15, -0.1) is 11.8 Å². The van der Waals surface area contributed by atoms with E-state index in [-0.39, 0.29) is 29.9 Å². The lowest BCUT2D eigenvalue weighted by atomic mass is 10.0. The number of anilines is 2. The predicted octanol–water partition coefficient (Wildman–Crippen LogP) is 4.61. The number of hydrogen-bond donors (Lipinski definition) is 0. The Hall–Kier alpha value is -3.12. The maximum atomic E-state index is 13.9. The normalized spacial score (nSPS) is 20.3.